The van der Waals surface area contributed by atoms with E-state index in [2.05, 4.69) is 14.8 Å². The van der Waals surface area contributed by atoms with Gasteiger partial charge in [-0.05, 0) is 30.7 Å². The first-order valence-electron chi connectivity index (χ1n) is 8.16. The van der Waals surface area contributed by atoms with Gasteiger partial charge in [0, 0.05) is 43.6 Å². The van der Waals surface area contributed by atoms with Crippen LogP contribution in [0, 0.1) is 0 Å². The number of phenols is 1. The second-order valence-electron chi connectivity index (χ2n) is 6.28. The average Bonchev–Trinajstić information content (AvgIpc) is 3.21. The SMILES string of the molecule is O=C(/C=C/N1C[C@H]2C[C@@H]1CN2c1ccccn1)c1ccccc1O. The summed E-state index contributed by atoms with van der Waals surface area (Å²) in [6, 6.07) is 13.5. The molecule has 0 unspecified atom stereocenters. The Labute approximate surface area is 140 Å². The topological polar surface area (TPSA) is 56.7 Å². The zero-order valence-electron chi connectivity index (χ0n) is 13.2. The Morgan fingerprint density at radius 3 is 2.67 bits per heavy atom. The fraction of sp³-hybridized carbons (Fsp3) is 0.263. The smallest absolute Gasteiger partial charge is 0.190 e. The summed E-state index contributed by atoms with van der Waals surface area (Å²) in [5, 5.41) is 9.76. The van der Waals surface area contributed by atoms with Crippen molar-refractivity contribution in [2.75, 3.05) is 18.0 Å². The normalized spacial score (nSPS) is 22.5. The van der Waals surface area contributed by atoms with Crippen LogP contribution in [0.4, 0.5) is 5.82 Å². The first kappa shape index (κ1) is 14.8. The molecule has 4 rings (SSSR count). The van der Waals surface area contributed by atoms with E-state index in [1.165, 1.54) is 6.07 Å². The molecule has 3 heterocycles. The highest BCUT2D eigenvalue weighted by Gasteiger charge is 2.42. The van der Waals surface area contributed by atoms with Crippen molar-refractivity contribution >= 4 is 11.6 Å². The summed E-state index contributed by atoms with van der Waals surface area (Å²) in [4.78, 5) is 21.2. The van der Waals surface area contributed by atoms with Crippen LogP contribution in [0.5, 0.6) is 5.75 Å². The number of likely N-dealkylation sites (tertiary alicyclic amines) is 1. The lowest BCUT2D eigenvalue weighted by atomic mass is 10.1. The van der Waals surface area contributed by atoms with Crippen molar-refractivity contribution in [1.82, 2.24) is 9.88 Å². The molecule has 2 bridgehead atoms. The van der Waals surface area contributed by atoms with E-state index in [4.69, 9.17) is 0 Å². The molecule has 0 aliphatic carbocycles. The number of piperazine rings is 1. The maximum absolute atomic E-state index is 12.2. The molecule has 0 spiro atoms. The first-order chi connectivity index (χ1) is 11.7. The van der Waals surface area contributed by atoms with Gasteiger partial charge in [0.2, 0.25) is 0 Å². The van der Waals surface area contributed by atoms with E-state index in [0.717, 1.165) is 25.3 Å². The molecule has 2 atom stereocenters. The van der Waals surface area contributed by atoms with Crippen LogP contribution in [-0.2, 0) is 0 Å². The number of para-hydroxylation sites is 1. The molecular formula is C19H19N3O2. The van der Waals surface area contributed by atoms with E-state index in [1.54, 1.807) is 24.3 Å². The second kappa shape index (κ2) is 6.00. The summed E-state index contributed by atoms with van der Waals surface area (Å²) in [6.07, 6.45) is 6.34. The van der Waals surface area contributed by atoms with Gasteiger partial charge in [0.15, 0.2) is 5.78 Å². The van der Waals surface area contributed by atoms with Gasteiger partial charge in [0.25, 0.3) is 0 Å². The fourth-order valence-corrected chi connectivity index (χ4v) is 3.62. The number of ketones is 1. The van der Waals surface area contributed by atoms with Crippen molar-refractivity contribution in [1.29, 1.82) is 0 Å². The van der Waals surface area contributed by atoms with E-state index in [9.17, 15) is 9.90 Å². The lowest BCUT2D eigenvalue weighted by Gasteiger charge is -2.34. The van der Waals surface area contributed by atoms with E-state index in [-0.39, 0.29) is 11.5 Å². The zero-order chi connectivity index (χ0) is 16.5. The van der Waals surface area contributed by atoms with Gasteiger partial charge in [0.05, 0.1) is 5.56 Å². The van der Waals surface area contributed by atoms with Gasteiger partial charge >= 0.3 is 0 Å². The standard InChI is InChI=1S/C19H19N3O2/c23-17-6-2-1-5-16(17)18(24)8-10-21-12-15-11-14(21)13-22(15)19-7-3-4-9-20-19/h1-10,14-15,23H,11-13H2/b10-8+/t14-,15-/m1/s1. The molecule has 2 saturated heterocycles. The number of aromatic nitrogens is 1. The molecule has 24 heavy (non-hydrogen) atoms. The molecule has 1 aromatic heterocycles. The third kappa shape index (κ3) is 2.62. The third-order valence-corrected chi connectivity index (χ3v) is 4.81. The third-order valence-electron chi connectivity index (χ3n) is 4.81. The number of nitrogens with zero attached hydrogens (tertiary/aromatic N) is 3. The Bertz CT molecular complexity index is 775. The average molecular weight is 321 g/mol. The number of benzene rings is 1. The highest BCUT2D eigenvalue weighted by Crippen LogP contribution is 2.33. The van der Waals surface area contributed by atoms with Gasteiger partial charge in [0.1, 0.15) is 11.6 Å². The number of fused-ring (bicyclic) bond motifs is 2. The summed E-state index contributed by atoms with van der Waals surface area (Å²) in [7, 11) is 0. The van der Waals surface area contributed by atoms with Crippen LogP contribution < -0.4 is 4.90 Å². The summed E-state index contributed by atoms with van der Waals surface area (Å²) in [5.74, 6) is 0.882. The van der Waals surface area contributed by atoms with Crippen molar-refractivity contribution in [2.45, 2.75) is 18.5 Å². The molecule has 1 N–H and O–H groups in total. The minimum absolute atomic E-state index is 0.0245. The Balaban J connectivity index is 1.42. The van der Waals surface area contributed by atoms with Crippen LogP contribution >= 0.6 is 0 Å². The number of allylic oxidation sites excluding steroid dienone is 1. The van der Waals surface area contributed by atoms with Crippen LogP contribution in [0.15, 0.2) is 60.9 Å². The first-order valence-corrected chi connectivity index (χ1v) is 8.16. The molecular weight excluding hydrogens is 302 g/mol. The van der Waals surface area contributed by atoms with Gasteiger partial charge in [-0.3, -0.25) is 4.79 Å². The Morgan fingerprint density at radius 2 is 1.96 bits per heavy atom. The second-order valence-corrected chi connectivity index (χ2v) is 6.28. The van der Waals surface area contributed by atoms with Gasteiger partial charge in [-0.2, -0.15) is 0 Å². The lowest BCUT2D eigenvalue weighted by Crippen LogP contribution is -2.44. The van der Waals surface area contributed by atoms with Gasteiger partial charge in [-0.25, -0.2) is 4.98 Å². The van der Waals surface area contributed by atoms with Crippen LogP contribution in [0.25, 0.3) is 0 Å². The lowest BCUT2D eigenvalue weighted by molar-refractivity contribution is 0.104. The number of hydrogen-bond donors (Lipinski definition) is 1. The molecule has 122 valence electrons. The largest absolute Gasteiger partial charge is 0.507 e. The molecule has 1 aromatic carbocycles. The number of aromatic hydroxyl groups is 1. The van der Waals surface area contributed by atoms with Gasteiger partial charge in [-0.15, -0.1) is 0 Å². The van der Waals surface area contributed by atoms with Crippen molar-refractivity contribution in [3.63, 3.8) is 0 Å². The molecule has 2 aliphatic rings. The maximum atomic E-state index is 12.2. The molecule has 0 radical (unpaired) electrons. The van der Waals surface area contributed by atoms with Gasteiger partial charge < -0.3 is 14.9 Å². The van der Waals surface area contributed by atoms with E-state index in [1.807, 2.05) is 30.6 Å². The van der Waals surface area contributed by atoms with Crippen molar-refractivity contribution < 1.29 is 9.90 Å². The molecule has 5 nitrogen and oxygen atoms in total. The van der Waals surface area contributed by atoms with Crippen LogP contribution in [0.2, 0.25) is 0 Å². The molecule has 0 saturated carbocycles. The van der Waals surface area contributed by atoms with Crippen LogP contribution in [0.1, 0.15) is 16.8 Å². The maximum Gasteiger partial charge on any atom is 0.190 e. The van der Waals surface area contributed by atoms with E-state index < -0.39 is 0 Å². The molecule has 2 aliphatic heterocycles. The molecule has 2 aromatic rings. The zero-order valence-corrected chi connectivity index (χ0v) is 13.2. The summed E-state index contributed by atoms with van der Waals surface area (Å²) in [6.45, 7) is 1.82. The Hall–Kier alpha value is -2.82. The Morgan fingerprint density at radius 1 is 1.12 bits per heavy atom. The number of phenolic OH excluding ortho intramolecular Hbond substituents is 1. The minimum Gasteiger partial charge on any atom is -0.507 e. The van der Waals surface area contributed by atoms with E-state index in [0.29, 0.717) is 17.6 Å². The molecule has 0 amide bonds. The number of pyridine rings is 1. The van der Waals surface area contributed by atoms with Crippen LogP contribution in [-0.4, -0.2) is 45.9 Å². The highest BCUT2D eigenvalue weighted by atomic mass is 16.3. The van der Waals surface area contributed by atoms with Crippen molar-refractivity contribution in [2.24, 2.45) is 0 Å². The summed E-state index contributed by atoms with van der Waals surface area (Å²) >= 11 is 0. The quantitative estimate of drug-likeness (QED) is 0.692. The monoisotopic (exact) mass is 321 g/mol. The number of carbonyl (C=O) groups is 1. The predicted octanol–water partition coefficient (Wildman–Crippen LogP) is 2.45. The van der Waals surface area contributed by atoms with Gasteiger partial charge in [-0.1, -0.05) is 18.2 Å². The van der Waals surface area contributed by atoms with Crippen molar-refractivity contribution in [3.8, 4) is 5.75 Å². The summed E-state index contributed by atoms with van der Waals surface area (Å²) in [5.41, 5.74) is 0.341. The number of anilines is 1. The summed E-state index contributed by atoms with van der Waals surface area (Å²) < 4.78 is 0. The minimum atomic E-state index is -0.169. The van der Waals surface area contributed by atoms with Crippen molar-refractivity contribution in [3.05, 3.63) is 66.5 Å². The highest BCUT2D eigenvalue weighted by molar-refractivity contribution is 6.06. The number of hydrogen-bond acceptors (Lipinski definition) is 5. The molecule has 2 fully saturated rings. The fourth-order valence-electron chi connectivity index (χ4n) is 3.62. The predicted molar refractivity (Wildman–Crippen MR) is 92.1 cm³/mol. The number of rotatable bonds is 4. The Kier molecular flexibility index (Phi) is 3.69. The molecule has 5 heteroatoms. The van der Waals surface area contributed by atoms with Crippen LogP contribution in [0.3, 0.4) is 0 Å². The number of carbonyl (C=O) groups excluding carboxylic acids is 1. The van der Waals surface area contributed by atoms with E-state index >= 15 is 0 Å².